The number of esters is 1. The summed E-state index contributed by atoms with van der Waals surface area (Å²) in [5.41, 5.74) is 0.373. The molecule has 3 rings (SSSR count). The minimum absolute atomic E-state index is 0.0795. The third kappa shape index (κ3) is 6.79. The number of rotatable bonds is 11. The highest BCUT2D eigenvalue weighted by atomic mass is 32.2. The smallest absolute Gasteiger partial charge is 0.337 e. The van der Waals surface area contributed by atoms with Crippen LogP contribution in [0.5, 0.6) is 0 Å². The molecule has 2 aromatic rings. The third-order valence-electron chi connectivity index (χ3n) is 5.47. The molecule has 0 bridgehead atoms. The molecule has 0 radical (unpaired) electrons. The number of hydrogen-bond acceptors (Lipinski definition) is 7. The van der Waals surface area contributed by atoms with Gasteiger partial charge in [-0.2, -0.15) is 0 Å². The maximum absolute atomic E-state index is 12.9. The molecule has 1 unspecified atom stereocenters. The minimum atomic E-state index is -1.36. The van der Waals surface area contributed by atoms with Gasteiger partial charge in [-0.1, -0.05) is 18.2 Å². The van der Waals surface area contributed by atoms with Gasteiger partial charge in [0.15, 0.2) is 5.79 Å². The predicted octanol–water partition coefficient (Wildman–Crippen LogP) is 4.57. The number of hydrogen-bond donors (Lipinski definition) is 0. The Labute approximate surface area is 197 Å². The summed E-state index contributed by atoms with van der Waals surface area (Å²) in [5, 5.41) is 0. The number of methoxy groups -OCH3 is 1. The van der Waals surface area contributed by atoms with Gasteiger partial charge in [0.05, 0.1) is 54.8 Å². The van der Waals surface area contributed by atoms with E-state index in [2.05, 4.69) is 0 Å². The SMILES string of the molecule is CCOC(=O)/C(CC[C@@H](c1ccco1)[C@H]1COC(C)(C)O1)=C(\CS(=O)c1ccccc1)OC. The topological polar surface area (TPSA) is 84.2 Å². The first kappa shape index (κ1) is 25.2. The summed E-state index contributed by atoms with van der Waals surface area (Å²) < 4.78 is 41.3. The van der Waals surface area contributed by atoms with Crippen molar-refractivity contribution in [2.75, 3.05) is 26.1 Å². The van der Waals surface area contributed by atoms with Gasteiger partial charge < -0.3 is 23.4 Å². The molecule has 7 nitrogen and oxygen atoms in total. The van der Waals surface area contributed by atoms with E-state index in [0.717, 1.165) is 5.76 Å². The molecule has 3 atom stereocenters. The van der Waals surface area contributed by atoms with Crippen LogP contribution in [0.2, 0.25) is 0 Å². The van der Waals surface area contributed by atoms with Crippen LogP contribution < -0.4 is 0 Å². The number of benzene rings is 1. The van der Waals surface area contributed by atoms with Gasteiger partial charge in [0.1, 0.15) is 11.5 Å². The Bertz CT molecular complexity index is 950. The lowest BCUT2D eigenvalue weighted by atomic mass is 9.92. The van der Waals surface area contributed by atoms with Crippen molar-refractivity contribution in [1.82, 2.24) is 0 Å². The maximum Gasteiger partial charge on any atom is 0.337 e. The van der Waals surface area contributed by atoms with E-state index in [1.165, 1.54) is 7.11 Å². The molecule has 180 valence electrons. The molecule has 1 aliphatic heterocycles. The molecule has 1 aliphatic rings. The Morgan fingerprint density at radius 2 is 1.97 bits per heavy atom. The zero-order valence-electron chi connectivity index (χ0n) is 19.6. The maximum atomic E-state index is 12.9. The van der Waals surface area contributed by atoms with E-state index in [1.807, 2.05) is 44.2 Å². The summed E-state index contributed by atoms with van der Waals surface area (Å²) >= 11 is 0. The van der Waals surface area contributed by atoms with Crippen LogP contribution in [0.3, 0.4) is 0 Å². The van der Waals surface area contributed by atoms with Crippen molar-refractivity contribution >= 4 is 16.8 Å². The highest BCUT2D eigenvalue weighted by molar-refractivity contribution is 7.85. The lowest BCUT2D eigenvalue weighted by molar-refractivity contribution is -0.142. The Balaban J connectivity index is 1.84. The zero-order valence-corrected chi connectivity index (χ0v) is 20.4. The Kier molecular flexibility index (Phi) is 8.88. The molecule has 0 N–H and O–H groups in total. The number of ether oxygens (including phenoxy) is 4. The van der Waals surface area contributed by atoms with Crippen molar-refractivity contribution in [1.29, 1.82) is 0 Å². The average Bonchev–Trinajstić information content (AvgIpc) is 3.46. The second-order valence-corrected chi connectivity index (χ2v) is 9.61. The predicted molar refractivity (Wildman–Crippen MR) is 124 cm³/mol. The van der Waals surface area contributed by atoms with Gasteiger partial charge in [-0.05, 0) is 57.9 Å². The molecule has 33 heavy (non-hydrogen) atoms. The Hall–Kier alpha value is -2.42. The first-order valence-corrected chi connectivity index (χ1v) is 12.4. The second kappa shape index (κ2) is 11.6. The molecule has 0 spiro atoms. The highest BCUT2D eigenvalue weighted by Crippen LogP contribution is 2.36. The minimum Gasteiger partial charge on any atom is -0.500 e. The molecule has 0 amide bonds. The van der Waals surface area contributed by atoms with Gasteiger partial charge in [-0.25, -0.2) is 4.79 Å². The molecular formula is C25H32O7S. The second-order valence-electron chi connectivity index (χ2n) is 8.16. The van der Waals surface area contributed by atoms with E-state index in [-0.39, 0.29) is 24.4 Å². The first-order valence-electron chi connectivity index (χ1n) is 11.1. The number of carbonyl (C=O) groups excluding carboxylic acids is 1. The van der Waals surface area contributed by atoms with Gasteiger partial charge >= 0.3 is 5.97 Å². The Morgan fingerprint density at radius 1 is 1.21 bits per heavy atom. The zero-order chi connectivity index (χ0) is 23.8. The van der Waals surface area contributed by atoms with Gasteiger partial charge in [0, 0.05) is 10.8 Å². The van der Waals surface area contributed by atoms with E-state index in [4.69, 9.17) is 23.4 Å². The van der Waals surface area contributed by atoms with Crippen molar-refractivity contribution < 1.29 is 32.4 Å². The monoisotopic (exact) mass is 476 g/mol. The first-order chi connectivity index (χ1) is 15.8. The highest BCUT2D eigenvalue weighted by Gasteiger charge is 2.39. The molecule has 2 heterocycles. The molecule has 1 aromatic carbocycles. The molecule has 1 saturated heterocycles. The summed E-state index contributed by atoms with van der Waals surface area (Å²) in [6.07, 6.45) is 2.28. The summed E-state index contributed by atoms with van der Waals surface area (Å²) in [6.45, 7) is 6.15. The number of furan rings is 1. The molecule has 8 heteroatoms. The van der Waals surface area contributed by atoms with Crippen LogP contribution in [-0.2, 0) is 34.5 Å². The molecule has 1 fully saturated rings. The normalized spacial score (nSPS) is 20.1. The van der Waals surface area contributed by atoms with Crippen LogP contribution in [0.1, 0.15) is 45.3 Å². The van der Waals surface area contributed by atoms with Crippen molar-refractivity contribution in [3.05, 3.63) is 65.8 Å². The quantitative estimate of drug-likeness (QED) is 0.267. The van der Waals surface area contributed by atoms with E-state index in [9.17, 15) is 9.00 Å². The lowest BCUT2D eigenvalue weighted by Crippen LogP contribution is -2.26. The van der Waals surface area contributed by atoms with Crippen LogP contribution in [0.15, 0.2) is 69.4 Å². The van der Waals surface area contributed by atoms with E-state index >= 15 is 0 Å². The largest absolute Gasteiger partial charge is 0.500 e. The van der Waals surface area contributed by atoms with Crippen LogP contribution in [0, 0.1) is 0 Å². The summed E-state index contributed by atoms with van der Waals surface area (Å²) in [5.74, 6) is -0.0880. The van der Waals surface area contributed by atoms with Crippen LogP contribution in [0.25, 0.3) is 0 Å². The van der Waals surface area contributed by atoms with E-state index in [0.29, 0.717) is 35.7 Å². The van der Waals surface area contributed by atoms with Crippen molar-refractivity contribution in [3.8, 4) is 0 Å². The number of carbonyl (C=O) groups is 1. The molecule has 0 aliphatic carbocycles. The van der Waals surface area contributed by atoms with Crippen molar-refractivity contribution in [2.24, 2.45) is 0 Å². The third-order valence-corrected chi connectivity index (χ3v) is 6.79. The van der Waals surface area contributed by atoms with E-state index < -0.39 is 22.6 Å². The fraction of sp³-hybridized carbons (Fsp3) is 0.480. The standard InChI is InChI=1S/C25H32O7S/c1-5-29-24(26)20(23(28-4)17-33(27)18-10-7-6-8-11-18)14-13-19(21-12-9-15-30-21)22-16-31-25(2,3)32-22/h6-12,15,19,22H,5,13-14,16-17H2,1-4H3/b23-20+/t19-,22+,33?/m0/s1. The molecular weight excluding hydrogens is 444 g/mol. The fourth-order valence-corrected chi connectivity index (χ4v) is 5.00. The van der Waals surface area contributed by atoms with Crippen LogP contribution in [0.4, 0.5) is 0 Å². The average molecular weight is 477 g/mol. The van der Waals surface area contributed by atoms with Gasteiger partial charge in [-0.15, -0.1) is 0 Å². The molecule has 1 aromatic heterocycles. The lowest BCUT2D eigenvalue weighted by Gasteiger charge is -2.23. The van der Waals surface area contributed by atoms with Crippen molar-refractivity contribution in [3.63, 3.8) is 0 Å². The summed E-state index contributed by atoms with van der Waals surface area (Å²) in [4.78, 5) is 13.5. The summed E-state index contributed by atoms with van der Waals surface area (Å²) in [7, 11) is 0.119. The van der Waals surface area contributed by atoms with Crippen LogP contribution >= 0.6 is 0 Å². The van der Waals surface area contributed by atoms with Crippen molar-refractivity contribution in [2.45, 2.75) is 56.3 Å². The van der Waals surface area contributed by atoms with Gasteiger partial charge in [0.2, 0.25) is 0 Å². The fourth-order valence-electron chi connectivity index (χ4n) is 3.84. The van der Waals surface area contributed by atoms with E-state index in [1.54, 1.807) is 25.3 Å². The Morgan fingerprint density at radius 3 is 2.55 bits per heavy atom. The molecule has 0 saturated carbocycles. The summed E-state index contributed by atoms with van der Waals surface area (Å²) in [6, 6.07) is 12.8. The van der Waals surface area contributed by atoms with Gasteiger partial charge in [0.25, 0.3) is 0 Å². The van der Waals surface area contributed by atoms with Gasteiger partial charge in [-0.3, -0.25) is 4.21 Å². The van der Waals surface area contributed by atoms with Crippen LogP contribution in [-0.4, -0.2) is 48.1 Å².